The van der Waals surface area contributed by atoms with Crippen LogP contribution in [0.1, 0.15) is 25.3 Å². The molecule has 0 atom stereocenters. The molecule has 0 spiro atoms. The summed E-state index contributed by atoms with van der Waals surface area (Å²) in [5.41, 5.74) is 0.535. The van der Waals surface area contributed by atoms with E-state index in [2.05, 4.69) is 5.32 Å². The molecule has 0 aromatic heterocycles. The monoisotopic (exact) mass is 306 g/mol. The van der Waals surface area contributed by atoms with Crippen molar-refractivity contribution in [2.45, 2.75) is 19.8 Å². The molecule has 0 unspecified atom stereocenters. The number of hydrogen-bond donors (Lipinski definition) is 1. The van der Waals surface area contributed by atoms with E-state index in [1.165, 1.54) is 24.3 Å². The average Bonchev–Trinajstić information content (AvgIpc) is 2.50. The fourth-order valence-electron chi connectivity index (χ4n) is 1.65. The van der Waals surface area contributed by atoms with Crippen LogP contribution >= 0.6 is 0 Å². The van der Waals surface area contributed by atoms with E-state index in [0.717, 1.165) is 0 Å². The summed E-state index contributed by atoms with van der Waals surface area (Å²) in [5, 5.41) is 13.3. The number of nitro groups is 1. The van der Waals surface area contributed by atoms with Crippen molar-refractivity contribution in [1.82, 2.24) is 5.32 Å². The second kappa shape index (κ2) is 9.28. The highest BCUT2D eigenvalue weighted by molar-refractivity contribution is 5.91. The highest BCUT2D eigenvalue weighted by atomic mass is 16.6. The fourth-order valence-corrected chi connectivity index (χ4v) is 1.65. The first kappa shape index (κ1) is 17.4. The molecule has 0 radical (unpaired) electrons. The van der Waals surface area contributed by atoms with Crippen molar-refractivity contribution >= 4 is 23.6 Å². The summed E-state index contributed by atoms with van der Waals surface area (Å²) in [6.45, 7) is 2.44. The molecule has 0 aliphatic carbocycles. The van der Waals surface area contributed by atoms with Crippen LogP contribution in [-0.4, -0.2) is 30.0 Å². The fraction of sp³-hybridized carbons (Fsp3) is 0.333. The number of amides is 1. The lowest BCUT2D eigenvalue weighted by atomic mass is 10.2. The van der Waals surface area contributed by atoms with Crippen molar-refractivity contribution in [3.63, 3.8) is 0 Å². The van der Waals surface area contributed by atoms with Crippen LogP contribution in [0.25, 0.3) is 6.08 Å². The second-order valence-electron chi connectivity index (χ2n) is 4.39. The third-order valence-electron chi connectivity index (χ3n) is 2.67. The molecule has 22 heavy (non-hydrogen) atoms. The molecule has 0 aliphatic rings. The zero-order chi connectivity index (χ0) is 16.4. The Labute approximate surface area is 128 Å². The first-order valence-electron chi connectivity index (χ1n) is 6.89. The zero-order valence-electron chi connectivity index (χ0n) is 12.3. The van der Waals surface area contributed by atoms with Crippen LogP contribution in [0.4, 0.5) is 5.69 Å². The van der Waals surface area contributed by atoms with Crippen LogP contribution < -0.4 is 5.32 Å². The Kier molecular flexibility index (Phi) is 7.32. The lowest BCUT2D eigenvalue weighted by molar-refractivity contribution is -0.384. The van der Waals surface area contributed by atoms with Crippen molar-refractivity contribution in [3.8, 4) is 0 Å². The van der Waals surface area contributed by atoms with Gasteiger partial charge in [0.2, 0.25) is 5.91 Å². The van der Waals surface area contributed by atoms with Gasteiger partial charge in [0.05, 0.1) is 11.5 Å². The minimum absolute atomic E-state index is 0.0306. The van der Waals surface area contributed by atoms with Gasteiger partial charge in [-0.25, -0.2) is 0 Å². The van der Waals surface area contributed by atoms with Crippen molar-refractivity contribution in [2.75, 3.05) is 13.2 Å². The molecule has 118 valence electrons. The first-order chi connectivity index (χ1) is 10.5. The minimum Gasteiger partial charge on any atom is -0.466 e. The quantitative estimate of drug-likeness (QED) is 0.260. The van der Waals surface area contributed by atoms with E-state index in [-0.39, 0.29) is 24.0 Å². The lowest BCUT2D eigenvalue weighted by Crippen LogP contribution is -2.22. The van der Waals surface area contributed by atoms with Gasteiger partial charge in [-0.3, -0.25) is 19.7 Å². The summed E-state index contributed by atoms with van der Waals surface area (Å²) in [5.74, 6) is -0.612. The van der Waals surface area contributed by atoms with Gasteiger partial charge in [0.15, 0.2) is 0 Å². The third-order valence-corrected chi connectivity index (χ3v) is 2.67. The van der Waals surface area contributed by atoms with Gasteiger partial charge in [0, 0.05) is 31.2 Å². The molecule has 7 nitrogen and oxygen atoms in total. The Morgan fingerprint density at radius 3 is 2.86 bits per heavy atom. The standard InChI is InChI=1S/C15H18N2O5/c1-2-22-15(19)7-4-10-16-14(18)9-8-12-5-3-6-13(11-12)17(20)21/h3,5-6,8-9,11H,2,4,7,10H2,1H3,(H,16,18)/b9-8+. The Morgan fingerprint density at radius 1 is 1.41 bits per heavy atom. The topological polar surface area (TPSA) is 98.5 Å². The SMILES string of the molecule is CCOC(=O)CCCNC(=O)/C=C/c1cccc([N+](=O)[O-])c1. The minimum atomic E-state index is -0.493. The van der Waals surface area contributed by atoms with E-state index in [4.69, 9.17) is 4.74 Å². The van der Waals surface area contributed by atoms with Crippen molar-refractivity contribution in [2.24, 2.45) is 0 Å². The number of carbonyl (C=O) groups is 2. The average molecular weight is 306 g/mol. The van der Waals surface area contributed by atoms with E-state index in [1.54, 1.807) is 19.1 Å². The van der Waals surface area contributed by atoms with Gasteiger partial charge in [-0.05, 0) is 25.0 Å². The Balaban J connectivity index is 2.37. The highest BCUT2D eigenvalue weighted by Crippen LogP contribution is 2.13. The molecule has 0 saturated heterocycles. The van der Waals surface area contributed by atoms with Gasteiger partial charge < -0.3 is 10.1 Å². The number of rotatable bonds is 8. The van der Waals surface area contributed by atoms with Crippen LogP contribution in [0.2, 0.25) is 0 Å². The van der Waals surface area contributed by atoms with Crippen LogP contribution in [-0.2, 0) is 14.3 Å². The zero-order valence-corrected chi connectivity index (χ0v) is 12.3. The van der Waals surface area contributed by atoms with Gasteiger partial charge in [-0.2, -0.15) is 0 Å². The molecule has 0 saturated carbocycles. The van der Waals surface area contributed by atoms with E-state index in [0.29, 0.717) is 25.1 Å². The molecule has 1 aromatic rings. The number of nitrogens with one attached hydrogen (secondary N) is 1. The smallest absolute Gasteiger partial charge is 0.305 e. The third kappa shape index (κ3) is 6.65. The molecule has 1 amide bonds. The second-order valence-corrected chi connectivity index (χ2v) is 4.39. The molecular weight excluding hydrogens is 288 g/mol. The number of hydrogen-bond acceptors (Lipinski definition) is 5. The Hall–Kier alpha value is -2.70. The highest BCUT2D eigenvalue weighted by Gasteiger charge is 2.04. The number of non-ortho nitro benzene ring substituents is 1. The van der Waals surface area contributed by atoms with Gasteiger partial charge in [-0.1, -0.05) is 12.1 Å². The maximum Gasteiger partial charge on any atom is 0.305 e. The summed E-state index contributed by atoms with van der Waals surface area (Å²) in [4.78, 5) is 32.8. The van der Waals surface area contributed by atoms with Gasteiger partial charge >= 0.3 is 5.97 Å². The maximum absolute atomic E-state index is 11.6. The number of esters is 1. The molecular formula is C15H18N2O5. The van der Waals surface area contributed by atoms with E-state index < -0.39 is 4.92 Å². The van der Waals surface area contributed by atoms with Crippen molar-refractivity contribution in [1.29, 1.82) is 0 Å². The summed E-state index contributed by atoms with van der Waals surface area (Å²) < 4.78 is 4.76. The summed E-state index contributed by atoms with van der Waals surface area (Å²) in [7, 11) is 0. The largest absolute Gasteiger partial charge is 0.466 e. The number of nitrogens with zero attached hydrogens (tertiary/aromatic N) is 1. The predicted molar refractivity (Wildman–Crippen MR) is 81.0 cm³/mol. The van der Waals surface area contributed by atoms with Gasteiger partial charge in [0.1, 0.15) is 0 Å². The van der Waals surface area contributed by atoms with Crippen LogP contribution in [0.3, 0.4) is 0 Å². The summed E-state index contributed by atoms with van der Waals surface area (Å²) >= 11 is 0. The van der Waals surface area contributed by atoms with E-state index >= 15 is 0 Å². The van der Waals surface area contributed by atoms with Crippen LogP contribution in [0.5, 0.6) is 0 Å². The summed E-state index contributed by atoms with van der Waals surface area (Å²) in [6, 6.07) is 5.98. The maximum atomic E-state index is 11.6. The Morgan fingerprint density at radius 2 is 2.18 bits per heavy atom. The molecule has 0 bridgehead atoms. The Bertz CT molecular complexity index is 569. The molecule has 1 N–H and O–H groups in total. The van der Waals surface area contributed by atoms with E-state index in [9.17, 15) is 19.7 Å². The molecule has 0 aliphatic heterocycles. The van der Waals surface area contributed by atoms with Crippen LogP contribution in [0.15, 0.2) is 30.3 Å². The molecule has 7 heteroatoms. The van der Waals surface area contributed by atoms with Gasteiger partial charge in [0.25, 0.3) is 5.69 Å². The summed E-state index contributed by atoms with van der Waals surface area (Å²) in [6.07, 6.45) is 3.54. The van der Waals surface area contributed by atoms with E-state index in [1.807, 2.05) is 0 Å². The lowest BCUT2D eigenvalue weighted by Gasteiger charge is -2.02. The molecule has 1 aromatic carbocycles. The van der Waals surface area contributed by atoms with Crippen LogP contribution in [0, 0.1) is 10.1 Å². The van der Waals surface area contributed by atoms with Crippen molar-refractivity contribution in [3.05, 3.63) is 46.0 Å². The van der Waals surface area contributed by atoms with Gasteiger partial charge in [-0.15, -0.1) is 0 Å². The van der Waals surface area contributed by atoms with Crippen molar-refractivity contribution < 1.29 is 19.2 Å². The first-order valence-corrected chi connectivity index (χ1v) is 6.89. The number of benzene rings is 1. The predicted octanol–water partition coefficient (Wildman–Crippen LogP) is 2.07. The molecule has 1 rings (SSSR count). The number of nitro benzene ring substituents is 1. The number of ether oxygens (including phenoxy) is 1. The molecule has 0 fully saturated rings. The normalized spacial score (nSPS) is 10.4. The number of carbonyl (C=O) groups excluding carboxylic acids is 2. The molecule has 0 heterocycles.